The minimum atomic E-state index is -0.506. The predicted molar refractivity (Wildman–Crippen MR) is 66.2 cm³/mol. The Balaban J connectivity index is 2.07. The highest BCUT2D eigenvalue weighted by atomic mass is 16.3. The van der Waals surface area contributed by atoms with Crippen molar-refractivity contribution in [3.63, 3.8) is 0 Å². The van der Waals surface area contributed by atoms with E-state index in [0.29, 0.717) is 25.1 Å². The van der Waals surface area contributed by atoms with Crippen molar-refractivity contribution in [1.29, 1.82) is 0 Å². The highest BCUT2D eigenvalue weighted by Gasteiger charge is 2.08. The number of aldehydes is 1. The van der Waals surface area contributed by atoms with Crippen molar-refractivity contribution in [2.45, 2.75) is 13.3 Å². The number of hydrogen-bond acceptors (Lipinski definition) is 4. The van der Waals surface area contributed by atoms with Gasteiger partial charge >= 0.3 is 0 Å². The molecule has 0 radical (unpaired) electrons. The SMILES string of the molecule is Cc1nc2cc(CCN(C)C(=O)C=O)ccc2o1. The molecule has 2 rings (SSSR count). The van der Waals surface area contributed by atoms with Crippen LogP contribution in [-0.2, 0) is 16.0 Å². The van der Waals surface area contributed by atoms with Crippen molar-refractivity contribution >= 4 is 23.3 Å². The molecule has 94 valence electrons. The summed E-state index contributed by atoms with van der Waals surface area (Å²) in [7, 11) is 1.61. The van der Waals surface area contributed by atoms with Gasteiger partial charge in [-0.15, -0.1) is 0 Å². The zero-order valence-corrected chi connectivity index (χ0v) is 10.3. The average Bonchev–Trinajstić information content (AvgIpc) is 2.74. The fourth-order valence-electron chi connectivity index (χ4n) is 1.74. The molecule has 1 heterocycles. The second-order valence-corrected chi connectivity index (χ2v) is 4.16. The van der Waals surface area contributed by atoms with Gasteiger partial charge in [0.05, 0.1) is 0 Å². The van der Waals surface area contributed by atoms with E-state index in [2.05, 4.69) is 4.98 Å². The van der Waals surface area contributed by atoms with Crippen LogP contribution in [-0.4, -0.2) is 35.7 Å². The van der Waals surface area contributed by atoms with E-state index in [1.54, 1.807) is 14.0 Å². The third-order valence-corrected chi connectivity index (χ3v) is 2.77. The summed E-state index contributed by atoms with van der Waals surface area (Å²) in [5.41, 5.74) is 2.63. The van der Waals surface area contributed by atoms with Crippen molar-refractivity contribution in [2.75, 3.05) is 13.6 Å². The van der Waals surface area contributed by atoms with E-state index in [1.165, 1.54) is 4.90 Å². The molecule has 1 aromatic carbocycles. The van der Waals surface area contributed by atoms with Gasteiger partial charge in [-0.05, 0) is 24.1 Å². The summed E-state index contributed by atoms with van der Waals surface area (Å²) in [6, 6.07) is 5.74. The maximum atomic E-state index is 11.1. The number of rotatable bonds is 4. The van der Waals surface area contributed by atoms with Gasteiger partial charge in [0.15, 0.2) is 11.5 Å². The normalized spacial score (nSPS) is 10.6. The molecule has 0 saturated heterocycles. The second-order valence-electron chi connectivity index (χ2n) is 4.16. The first-order valence-corrected chi connectivity index (χ1v) is 5.66. The summed E-state index contributed by atoms with van der Waals surface area (Å²) in [6.07, 6.45) is 1.00. The Morgan fingerprint density at radius 3 is 3.00 bits per heavy atom. The topological polar surface area (TPSA) is 63.4 Å². The summed E-state index contributed by atoms with van der Waals surface area (Å²) in [5, 5.41) is 0. The quantitative estimate of drug-likeness (QED) is 0.603. The number of amides is 1. The molecule has 0 unspecified atom stereocenters. The molecule has 5 nitrogen and oxygen atoms in total. The second kappa shape index (κ2) is 5.00. The van der Waals surface area contributed by atoms with Crippen LogP contribution in [0.1, 0.15) is 11.5 Å². The minimum absolute atomic E-state index is 0.324. The van der Waals surface area contributed by atoms with E-state index < -0.39 is 5.91 Å². The number of nitrogens with zero attached hydrogens (tertiary/aromatic N) is 2. The number of aryl methyl sites for hydroxylation is 1. The van der Waals surface area contributed by atoms with Crippen molar-refractivity contribution in [1.82, 2.24) is 9.88 Å². The average molecular weight is 246 g/mol. The minimum Gasteiger partial charge on any atom is -0.441 e. The summed E-state index contributed by atoms with van der Waals surface area (Å²) < 4.78 is 5.38. The van der Waals surface area contributed by atoms with Gasteiger partial charge in [-0.2, -0.15) is 0 Å². The van der Waals surface area contributed by atoms with Crippen LogP contribution in [0.4, 0.5) is 0 Å². The Hall–Kier alpha value is -2.17. The fourth-order valence-corrected chi connectivity index (χ4v) is 1.74. The van der Waals surface area contributed by atoms with Gasteiger partial charge in [-0.25, -0.2) is 4.98 Å². The molecule has 18 heavy (non-hydrogen) atoms. The Kier molecular flexibility index (Phi) is 3.41. The molecular formula is C13H14N2O3. The number of aromatic nitrogens is 1. The van der Waals surface area contributed by atoms with Gasteiger partial charge in [-0.1, -0.05) is 6.07 Å². The van der Waals surface area contributed by atoms with Gasteiger partial charge in [0, 0.05) is 20.5 Å². The van der Waals surface area contributed by atoms with Crippen LogP contribution in [0.3, 0.4) is 0 Å². The molecule has 1 amide bonds. The van der Waals surface area contributed by atoms with Crippen LogP contribution in [0.5, 0.6) is 0 Å². The van der Waals surface area contributed by atoms with Crippen LogP contribution in [0, 0.1) is 6.92 Å². The molecular weight excluding hydrogens is 232 g/mol. The lowest BCUT2D eigenvalue weighted by molar-refractivity contribution is -0.137. The molecule has 0 spiro atoms. The number of fused-ring (bicyclic) bond motifs is 1. The zero-order chi connectivity index (χ0) is 13.1. The largest absolute Gasteiger partial charge is 0.441 e. The standard InChI is InChI=1S/C13H14N2O3/c1-9-14-11-7-10(3-4-12(11)18-9)5-6-15(2)13(17)8-16/h3-4,7-8H,5-6H2,1-2H3. The first-order chi connectivity index (χ1) is 8.60. The molecule has 0 aliphatic rings. The van der Waals surface area contributed by atoms with Crippen LogP contribution in [0.2, 0.25) is 0 Å². The van der Waals surface area contributed by atoms with Gasteiger partial charge in [0.25, 0.3) is 5.91 Å². The molecule has 2 aromatic rings. The van der Waals surface area contributed by atoms with E-state index in [0.717, 1.165) is 16.7 Å². The smallest absolute Gasteiger partial charge is 0.286 e. The third-order valence-electron chi connectivity index (χ3n) is 2.77. The summed E-state index contributed by atoms with van der Waals surface area (Å²) in [4.78, 5) is 27.0. The van der Waals surface area contributed by atoms with Crippen molar-refractivity contribution in [3.05, 3.63) is 29.7 Å². The van der Waals surface area contributed by atoms with Crippen molar-refractivity contribution in [3.8, 4) is 0 Å². The Labute approximate surface area is 104 Å². The van der Waals surface area contributed by atoms with E-state index in [4.69, 9.17) is 4.42 Å². The van der Waals surface area contributed by atoms with Gasteiger partial charge in [0.1, 0.15) is 5.52 Å². The lowest BCUT2D eigenvalue weighted by atomic mass is 10.1. The van der Waals surface area contributed by atoms with Crippen LogP contribution in [0.15, 0.2) is 22.6 Å². The fraction of sp³-hybridized carbons (Fsp3) is 0.308. The third kappa shape index (κ3) is 2.56. The summed E-state index contributed by atoms with van der Waals surface area (Å²) in [6.45, 7) is 2.30. The van der Waals surface area contributed by atoms with Crippen LogP contribution >= 0.6 is 0 Å². The number of oxazole rings is 1. The Morgan fingerprint density at radius 1 is 1.50 bits per heavy atom. The first-order valence-electron chi connectivity index (χ1n) is 5.66. The molecule has 0 atom stereocenters. The maximum absolute atomic E-state index is 11.1. The van der Waals surface area contributed by atoms with E-state index in [9.17, 15) is 9.59 Å². The van der Waals surface area contributed by atoms with E-state index >= 15 is 0 Å². The van der Waals surface area contributed by atoms with E-state index in [-0.39, 0.29) is 0 Å². The zero-order valence-electron chi connectivity index (χ0n) is 10.3. The molecule has 0 aliphatic heterocycles. The predicted octanol–water partition coefficient (Wildman–Crippen LogP) is 1.34. The van der Waals surface area contributed by atoms with Gasteiger partial charge in [0.2, 0.25) is 6.29 Å². The molecule has 1 aromatic heterocycles. The van der Waals surface area contributed by atoms with Crippen LogP contribution in [0.25, 0.3) is 11.1 Å². The Bertz CT molecular complexity index is 589. The highest BCUT2D eigenvalue weighted by Crippen LogP contribution is 2.17. The number of benzene rings is 1. The number of carbonyl (C=O) groups is 2. The number of hydrogen-bond donors (Lipinski definition) is 0. The number of likely N-dealkylation sites (N-methyl/N-ethyl adjacent to an activating group) is 1. The summed E-state index contributed by atoms with van der Waals surface area (Å²) in [5.74, 6) is 0.128. The van der Waals surface area contributed by atoms with E-state index in [1.807, 2.05) is 18.2 Å². The van der Waals surface area contributed by atoms with Crippen molar-refractivity contribution < 1.29 is 14.0 Å². The number of carbonyl (C=O) groups excluding carboxylic acids is 2. The maximum Gasteiger partial charge on any atom is 0.286 e. The first kappa shape index (κ1) is 12.3. The molecule has 0 fully saturated rings. The summed E-state index contributed by atoms with van der Waals surface area (Å²) >= 11 is 0. The molecule has 0 bridgehead atoms. The lowest BCUT2D eigenvalue weighted by Crippen LogP contribution is -2.29. The molecule has 0 N–H and O–H groups in total. The van der Waals surface area contributed by atoms with Crippen molar-refractivity contribution in [2.24, 2.45) is 0 Å². The molecule has 0 saturated carbocycles. The molecule has 5 heteroatoms. The van der Waals surface area contributed by atoms with Crippen LogP contribution < -0.4 is 0 Å². The monoisotopic (exact) mass is 246 g/mol. The lowest BCUT2D eigenvalue weighted by Gasteiger charge is -2.13. The Morgan fingerprint density at radius 2 is 2.28 bits per heavy atom. The molecule has 0 aliphatic carbocycles. The van der Waals surface area contributed by atoms with Gasteiger partial charge < -0.3 is 9.32 Å². The van der Waals surface area contributed by atoms with Gasteiger partial charge in [-0.3, -0.25) is 9.59 Å². The highest BCUT2D eigenvalue weighted by molar-refractivity contribution is 6.23.